The quantitative estimate of drug-likeness (QED) is 0.572. The zero-order chi connectivity index (χ0) is 7.40. The smallest absolute Gasteiger partial charge is 0.155 e. The van der Waals surface area contributed by atoms with Crippen molar-refractivity contribution >= 4 is 5.78 Å². The van der Waals surface area contributed by atoms with E-state index >= 15 is 0 Å². The molecule has 0 saturated heterocycles. The summed E-state index contributed by atoms with van der Waals surface area (Å²) in [6.45, 7) is 2.18. The van der Waals surface area contributed by atoms with Crippen molar-refractivity contribution in [2.75, 3.05) is 0 Å². The minimum absolute atomic E-state index is 0.298. The summed E-state index contributed by atoms with van der Waals surface area (Å²) < 4.78 is 0. The molecule has 0 fully saturated rings. The lowest BCUT2D eigenvalue weighted by Gasteiger charge is -2.13. The molecular formula is C9H14O. The van der Waals surface area contributed by atoms with Gasteiger partial charge in [0.2, 0.25) is 0 Å². The first kappa shape index (κ1) is 7.52. The van der Waals surface area contributed by atoms with Crippen LogP contribution in [0, 0.1) is 5.92 Å². The molecular weight excluding hydrogens is 124 g/mol. The topological polar surface area (TPSA) is 17.1 Å². The lowest BCUT2D eigenvalue weighted by Crippen LogP contribution is -2.06. The monoisotopic (exact) mass is 138 g/mol. The van der Waals surface area contributed by atoms with Gasteiger partial charge in [-0.25, -0.2) is 0 Å². The van der Waals surface area contributed by atoms with Crippen LogP contribution in [0.1, 0.15) is 32.6 Å². The average Bonchev–Trinajstić information content (AvgIpc) is 1.95. The van der Waals surface area contributed by atoms with Crippen LogP contribution in [-0.4, -0.2) is 5.78 Å². The first-order chi connectivity index (χ1) is 4.83. The van der Waals surface area contributed by atoms with Gasteiger partial charge in [0, 0.05) is 6.42 Å². The molecule has 1 unspecified atom stereocenters. The van der Waals surface area contributed by atoms with E-state index in [1.165, 1.54) is 12.8 Å². The first-order valence-electron chi connectivity index (χ1n) is 4.04. The lowest BCUT2D eigenvalue weighted by atomic mass is 9.92. The lowest BCUT2D eigenvalue weighted by molar-refractivity contribution is -0.115. The Morgan fingerprint density at radius 2 is 2.50 bits per heavy atom. The number of allylic oxidation sites excluding steroid dienone is 2. The number of hydrogen-bond donors (Lipinski definition) is 0. The fourth-order valence-corrected chi connectivity index (χ4v) is 1.36. The molecule has 1 heteroatoms. The minimum Gasteiger partial charge on any atom is -0.295 e. The maximum Gasteiger partial charge on any atom is 0.155 e. The van der Waals surface area contributed by atoms with Gasteiger partial charge >= 0.3 is 0 Å². The Morgan fingerprint density at radius 3 is 3.00 bits per heavy atom. The molecule has 1 rings (SSSR count). The van der Waals surface area contributed by atoms with Crippen LogP contribution in [0.4, 0.5) is 0 Å². The third kappa shape index (κ3) is 1.98. The van der Waals surface area contributed by atoms with Crippen LogP contribution in [0.3, 0.4) is 0 Å². The van der Waals surface area contributed by atoms with E-state index in [0.29, 0.717) is 11.7 Å². The molecule has 0 amide bonds. The Morgan fingerprint density at radius 1 is 1.70 bits per heavy atom. The van der Waals surface area contributed by atoms with Crippen molar-refractivity contribution in [3.63, 3.8) is 0 Å². The van der Waals surface area contributed by atoms with E-state index in [2.05, 4.69) is 13.0 Å². The number of carbonyl (C=O) groups excluding carboxylic acids is 1. The van der Waals surface area contributed by atoms with Crippen LogP contribution in [0.5, 0.6) is 0 Å². The van der Waals surface area contributed by atoms with Gasteiger partial charge in [-0.05, 0) is 24.8 Å². The molecule has 1 aliphatic rings. The predicted octanol–water partition coefficient (Wildman–Crippen LogP) is 2.32. The van der Waals surface area contributed by atoms with Crippen LogP contribution in [0.15, 0.2) is 12.2 Å². The molecule has 0 aromatic heterocycles. The third-order valence-corrected chi connectivity index (χ3v) is 1.98. The Kier molecular flexibility index (Phi) is 2.67. The van der Waals surface area contributed by atoms with E-state index in [0.717, 1.165) is 12.8 Å². The molecule has 56 valence electrons. The van der Waals surface area contributed by atoms with Crippen molar-refractivity contribution in [1.82, 2.24) is 0 Å². The number of hydrogen-bond acceptors (Lipinski definition) is 1. The van der Waals surface area contributed by atoms with Crippen LogP contribution < -0.4 is 0 Å². The molecule has 0 heterocycles. The van der Waals surface area contributed by atoms with Crippen molar-refractivity contribution in [3.8, 4) is 0 Å². The average molecular weight is 138 g/mol. The molecule has 0 spiro atoms. The second-order valence-electron chi connectivity index (χ2n) is 2.91. The SMILES string of the molecule is CCCC1C=CC(=O)CC1. The van der Waals surface area contributed by atoms with E-state index in [4.69, 9.17) is 0 Å². The van der Waals surface area contributed by atoms with Crippen molar-refractivity contribution in [2.24, 2.45) is 5.92 Å². The molecule has 0 aromatic carbocycles. The van der Waals surface area contributed by atoms with E-state index in [9.17, 15) is 4.79 Å². The summed E-state index contributed by atoms with van der Waals surface area (Å²) in [5.74, 6) is 0.982. The summed E-state index contributed by atoms with van der Waals surface area (Å²) in [5, 5.41) is 0. The van der Waals surface area contributed by atoms with Gasteiger partial charge in [0.05, 0.1) is 0 Å². The Hall–Kier alpha value is -0.590. The standard InChI is InChI=1S/C9H14O/c1-2-3-8-4-6-9(10)7-5-8/h4,6,8H,2-3,5,7H2,1H3. The Labute approximate surface area is 62.1 Å². The van der Waals surface area contributed by atoms with Crippen molar-refractivity contribution in [1.29, 1.82) is 0 Å². The molecule has 10 heavy (non-hydrogen) atoms. The summed E-state index contributed by atoms with van der Waals surface area (Å²) >= 11 is 0. The normalized spacial score (nSPS) is 25.3. The minimum atomic E-state index is 0.298. The van der Waals surface area contributed by atoms with Crippen molar-refractivity contribution < 1.29 is 4.79 Å². The van der Waals surface area contributed by atoms with Crippen molar-refractivity contribution in [3.05, 3.63) is 12.2 Å². The summed E-state index contributed by atoms with van der Waals surface area (Å²) in [6, 6.07) is 0. The van der Waals surface area contributed by atoms with E-state index in [1.807, 2.05) is 0 Å². The van der Waals surface area contributed by atoms with Gasteiger partial charge in [-0.15, -0.1) is 0 Å². The van der Waals surface area contributed by atoms with Crippen LogP contribution in [0.2, 0.25) is 0 Å². The molecule has 0 saturated carbocycles. The highest BCUT2D eigenvalue weighted by atomic mass is 16.1. The highest BCUT2D eigenvalue weighted by Crippen LogP contribution is 2.19. The van der Waals surface area contributed by atoms with E-state index in [-0.39, 0.29) is 0 Å². The summed E-state index contributed by atoms with van der Waals surface area (Å²) in [6.07, 6.45) is 8.11. The molecule has 1 aliphatic carbocycles. The molecule has 0 N–H and O–H groups in total. The number of ketones is 1. The molecule has 0 radical (unpaired) electrons. The highest BCUT2D eigenvalue weighted by molar-refractivity contribution is 5.90. The fraction of sp³-hybridized carbons (Fsp3) is 0.667. The van der Waals surface area contributed by atoms with E-state index < -0.39 is 0 Å². The van der Waals surface area contributed by atoms with Gasteiger partial charge in [-0.2, -0.15) is 0 Å². The van der Waals surface area contributed by atoms with Crippen LogP contribution >= 0.6 is 0 Å². The second kappa shape index (κ2) is 3.55. The zero-order valence-electron chi connectivity index (χ0n) is 6.47. The number of carbonyl (C=O) groups is 1. The highest BCUT2D eigenvalue weighted by Gasteiger charge is 2.10. The molecule has 1 atom stereocenters. The summed E-state index contributed by atoms with van der Waals surface area (Å²) in [5.41, 5.74) is 0. The number of rotatable bonds is 2. The maximum atomic E-state index is 10.7. The van der Waals surface area contributed by atoms with Crippen molar-refractivity contribution in [2.45, 2.75) is 32.6 Å². The predicted molar refractivity (Wildman–Crippen MR) is 41.8 cm³/mol. The summed E-state index contributed by atoms with van der Waals surface area (Å²) in [7, 11) is 0. The molecule has 0 aromatic rings. The van der Waals surface area contributed by atoms with Gasteiger partial charge < -0.3 is 0 Å². The molecule has 0 bridgehead atoms. The maximum absolute atomic E-state index is 10.7. The van der Waals surface area contributed by atoms with Gasteiger partial charge in [-0.1, -0.05) is 19.4 Å². The molecule has 0 aliphatic heterocycles. The largest absolute Gasteiger partial charge is 0.295 e. The Bertz CT molecular complexity index is 147. The van der Waals surface area contributed by atoms with Gasteiger partial charge in [0.15, 0.2) is 5.78 Å². The van der Waals surface area contributed by atoms with Gasteiger partial charge in [-0.3, -0.25) is 4.79 Å². The second-order valence-corrected chi connectivity index (χ2v) is 2.91. The fourth-order valence-electron chi connectivity index (χ4n) is 1.36. The van der Waals surface area contributed by atoms with Gasteiger partial charge in [0.25, 0.3) is 0 Å². The van der Waals surface area contributed by atoms with Crippen LogP contribution in [-0.2, 0) is 4.79 Å². The molecule has 1 nitrogen and oxygen atoms in total. The zero-order valence-corrected chi connectivity index (χ0v) is 6.47. The first-order valence-corrected chi connectivity index (χ1v) is 4.04. The third-order valence-electron chi connectivity index (χ3n) is 1.98. The summed E-state index contributed by atoms with van der Waals surface area (Å²) in [4.78, 5) is 10.7. The van der Waals surface area contributed by atoms with E-state index in [1.54, 1.807) is 6.08 Å². The van der Waals surface area contributed by atoms with Crippen LogP contribution in [0.25, 0.3) is 0 Å². The van der Waals surface area contributed by atoms with Gasteiger partial charge in [0.1, 0.15) is 0 Å². The Balaban J connectivity index is 2.37.